The third-order valence-corrected chi connectivity index (χ3v) is 3.60. The first-order chi connectivity index (χ1) is 6.95. The van der Waals surface area contributed by atoms with Crippen LogP contribution in [0.25, 0.3) is 0 Å². The summed E-state index contributed by atoms with van der Waals surface area (Å²) < 4.78 is 0. The highest BCUT2D eigenvalue weighted by atomic mass is 14.9. The van der Waals surface area contributed by atoms with E-state index in [9.17, 15) is 0 Å². The average Bonchev–Trinajstić information content (AvgIpc) is 2.29. The summed E-state index contributed by atoms with van der Waals surface area (Å²) in [5.41, 5.74) is 2.86. The lowest BCUT2D eigenvalue weighted by atomic mass is 9.77. The van der Waals surface area contributed by atoms with E-state index in [4.69, 9.17) is 0 Å². The molecule has 3 rings (SSSR count). The first-order valence-corrected chi connectivity index (χ1v) is 5.62. The Labute approximate surface area is 84.7 Å². The minimum Gasteiger partial charge on any atom is -0.313 e. The number of pyridine rings is 1. The molecule has 0 radical (unpaired) electrons. The number of aryl methyl sites for hydroxylation is 1. The summed E-state index contributed by atoms with van der Waals surface area (Å²) in [4.78, 5) is 4.48. The molecule has 2 heteroatoms. The van der Waals surface area contributed by atoms with Crippen LogP contribution < -0.4 is 5.32 Å². The quantitative estimate of drug-likeness (QED) is 0.672. The van der Waals surface area contributed by atoms with E-state index in [1.807, 2.05) is 6.20 Å². The molecule has 2 atom stereocenters. The van der Waals surface area contributed by atoms with Crippen molar-refractivity contribution in [2.45, 2.75) is 37.6 Å². The first kappa shape index (κ1) is 8.42. The molecule has 0 amide bonds. The molecule has 0 aromatic carbocycles. The highest BCUT2D eigenvalue weighted by Gasteiger charge is 2.31. The van der Waals surface area contributed by atoms with E-state index in [0.717, 1.165) is 18.4 Å². The lowest BCUT2D eigenvalue weighted by Crippen LogP contribution is -2.42. The molecule has 2 aliphatic rings. The fourth-order valence-electron chi connectivity index (χ4n) is 2.92. The summed E-state index contributed by atoms with van der Waals surface area (Å²) in [6.45, 7) is 1.21. The van der Waals surface area contributed by atoms with Gasteiger partial charge < -0.3 is 5.32 Å². The number of hydrogen-bond acceptors (Lipinski definition) is 2. The Morgan fingerprint density at radius 1 is 1.36 bits per heavy atom. The highest BCUT2D eigenvalue weighted by Crippen LogP contribution is 2.35. The first-order valence-electron chi connectivity index (χ1n) is 5.62. The van der Waals surface area contributed by atoms with Crippen molar-refractivity contribution in [1.82, 2.24) is 10.3 Å². The van der Waals surface area contributed by atoms with Crippen LogP contribution in [0.15, 0.2) is 18.3 Å². The van der Waals surface area contributed by atoms with E-state index in [1.54, 1.807) is 0 Å². The maximum atomic E-state index is 4.48. The van der Waals surface area contributed by atoms with Gasteiger partial charge in [-0.1, -0.05) is 6.07 Å². The van der Waals surface area contributed by atoms with Crippen molar-refractivity contribution in [3.8, 4) is 0 Å². The van der Waals surface area contributed by atoms with Gasteiger partial charge in [0.15, 0.2) is 0 Å². The van der Waals surface area contributed by atoms with Crippen LogP contribution in [0.4, 0.5) is 0 Å². The van der Waals surface area contributed by atoms with Gasteiger partial charge in [0.1, 0.15) is 0 Å². The van der Waals surface area contributed by atoms with Gasteiger partial charge in [0.25, 0.3) is 0 Å². The predicted octanol–water partition coefficient (Wildman–Crippen LogP) is 1.86. The lowest BCUT2D eigenvalue weighted by molar-refractivity contribution is 0.317. The molecular formula is C12H16N2. The van der Waals surface area contributed by atoms with E-state index < -0.39 is 0 Å². The van der Waals surface area contributed by atoms with Gasteiger partial charge in [-0.25, -0.2) is 0 Å². The van der Waals surface area contributed by atoms with Crippen molar-refractivity contribution in [2.24, 2.45) is 0 Å². The van der Waals surface area contributed by atoms with Crippen LogP contribution in [0, 0.1) is 0 Å². The zero-order valence-corrected chi connectivity index (χ0v) is 8.37. The molecule has 74 valence electrons. The van der Waals surface area contributed by atoms with Crippen LogP contribution in [0.1, 0.15) is 36.4 Å². The number of fused-ring (bicyclic) bond motifs is 3. The molecule has 1 saturated heterocycles. The highest BCUT2D eigenvalue weighted by molar-refractivity contribution is 5.29. The fourth-order valence-corrected chi connectivity index (χ4v) is 2.92. The number of hydrogen-bond donors (Lipinski definition) is 1. The normalized spacial score (nSPS) is 30.6. The van der Waals surface area contributed by atoms with E-state index in [0.29, 0.717) is 0 Å². The summed E-state index contributed by atoms with van der Waals surface area (Å²) in [6.07, 6.45) is 7.01. The van der Waals surface area contributed by atoms with Crippen LogP contribution in [-0.4, -0.2) is 17.6 Å². The molecule has 1 aromatic rings. The molecule has 2 heterocycles. The summed E-state index contributed by atoms with van der Waals surface area (Å²) in [5, 5.41) is 3.63. The number of piperidine rings is 1. The van der Waals surface area contributed by atoms with Crippen molar-refractivity contribution >= 4 is 0 Å². The Balaban J connectivity index is 1.99. The third kappa shape index (κ3) is 1.25. The van der Waals surface area contributed by atoms with Gasteiger partial charge in [-0.2, -0.15) is 0 Å². The van der Waals surface area contributed by atoms with Gasteiger partial charge in [-0.3, -0.25) is 4.98 Å². The summed E-state index contributed by atoms with van der Waals surface area (Å²) >= 11 is 0. The summed E-state index contributed by atoms with van der Waals surface area (Å²) in [6, 6.07) is 5.07. The molecule has 1 fully saturated rings. The Hall–Kier alpha value is -0.890. The van der Waals surface area contributed by atoms with Gasteiger partial charge in [-0.05, 0) is 43.9 Å². The Kier molecular flexibility index (Phi) is 2.02. The monoisotopic (exact) mass is 188 g/mol. The number of nitrogens with zero attached hydrogens (tertiary/aromatic N) is 1. The van der Waals surface area contributed by atoms with Gasteiger partial charge in [0.05, 0.1) is 0 Å². The summed E-state index contributed by atoms with van der Waals surface area (Å²) in [7, 11) is 0. The molecule has 0 spiro atoms. The number of rotatable bonds is 0. The second kappa shape index (κ2) is 3.35. The van der Waals surface area contributed by atoms with Crippen LogP contribution in [0.2, 0.25) is 0 Å². The van der Waals surface area contributed by atoms with Crippen molar-refractivity contribution in [2.75, 3.05) is 6.54 Å². The topological polar surface area (TPSA) is 24.9 Å². The molecular weight excluding hydrogens is 172 g/mol. The maximum absolute atomic E-state index is 4.48. The zero-order chi connectivity index (χ0) is 9.38. The molecule has 0 bridgehead atoms. The fraction of sp³-hybridized carbons (Fsp3) is 0.583. The molecule has 14 heavy (non-hydrogen) atoms. The molecule has 1 aliphatic heterocycles. The van der Waals surface area contributed by atoms with Crippen molar-refractivity contribution in [3.63, 3.8) is 0 Å². The molecule has 0 saturated carbocycles. The predicted molar refractivity (Wildman–Crippen MR) is 56.3 cm³/mol. The number of aromatic nitrogens is 1. The maximum Gasteiger partial charge on any atom is 0.0439 e. The average molecular weight is 188 g/mol. The van der Waals surface area contributed by atoms with Crippen molar-refractivity contribution in [1.29, 1.82) is 0 Å². The van der Waals surface area contributed by atoms with Gasteiger partial charge >= 0.3 is 0 Å². The Bertz CT molecular complexity index is 335. The third-order valence-electron chi connectivity index (χ3n) is 3.60. The minimum atomic E-state index is 0.723. The van der Waals surface area contributed by atoms with Gasteiger partial charge in [0.2, 0.25) is 0 Å². The standard InChI is InChI=1S/C12H16N2/c1-3-9-10-4-2-8-14-12(10)6-5-11(9)13-7-1/h1,3,7,10,12,14H,2,4-6,8H2/t10-,12+/m0/s1. The lowest BCUT2D eigenvalue weighted by Gasteiger charge is -2.37. The van der Waals surface area contributed by atoms with Crippen molar-refractivity contribution < 1.29 is 0 Å². The van der Waals surface area contributed by atoms with Crippen LogP contribution in [-0.2, 0) is 6.42 Å². The smallest absolute Gasteiger partial charge is 0.0439 e. The Morgan fingerprint density at radius 3 is 3.36 bits per heavy atom. The molecule has 1 aromatic heterocycles. The Morgan fingerprint density at radius 2 is 2.36 bits per heavy atom. The van der Waals surface area contributed by atoms with Gasteiger partial charge in [-0.15, -0.1) is 0 Å². The SMILES string of the molecule is c1cnc2c(c1)[C@@H]1CCCN[C@@H]1CC2. The summed E-state index contributed by atoms with van der Waals surface area (Å²) in [5.74, 6) is 0.737. The van der Waals surface area contributed by atoms with Crippen LogP contribution in [0.3, 0.4) is 0 Å². The van der Waals surface area contributed by atoms with E-state index in [-0.39, 0.29) is 0 Å². The second-order valence-electron chi connectivity index (χ2n) is 4.39. The van der Waals surface area contributed by atoms with Crippen molar-refractivity contribution in [3.05, 3.63) is 29.6 Å². The van der Waals surface area contributed by atoms with Crippen LogP contribution in [0.5, 0.6) is 0 Å². The molecule has 1 aliphatic carbocycles. The van der Waals surface area contributed by atoms with E-state index in [1.165, 1.54) is 37.1 Å². The largest absolute Gasteiger partial charge is 0.313 e. The van der Waals surface area contributed by atoms with E-state index in [2.05, 4.69) is 22.4 Å². The van der Waals surface area contributed by atoms with E-state index >= 15 is 0 Å². The number of nitrogens with one attached hydrogen (secondary N) is 1. The minimum absolute atomic E-state index is 0.723. The van der Waals surface area contributed by atoms with Gasteiger partial charge in [0, 0.05) is 23.9 Å². The zero-order valence-electron chi connectivity index (χ0n) is 8.37. The molecule has 0 unspecified atom stereocenters. The molecule has 2 nitrogen and oxygen atoms in total. The second-order valence-corrected chi connectivity index (χ2v) is 4.39. The molecule has 1 N–H and O–H groups in total. The van der Waals surface area contributed by atoms with Crippen LogP contribution >= 0.6 is 0 Å².